The molecule has 0 rings (SSSR count). The van der Waals surface area contributed by atoms with Crippen molar-refractivity contribution < 1.29 is 37.4 Å². The van der Waals surface area contributed by atoms with Gasteiger partial charge in [-0.15, -0.1) is 0 Å². The average Bonchev–Trinajstić information content (AvgIpc) is 2.25. The minimum Gasteiger partial charge on any atom is -0.480 e. The highest BCUT2D eigenvalue weighted by Crippen LogP contribution is 2.16. The maximum absolute atomic E-state index is 12.3. The number of amides is 2. The molecule has 0 fully saturated rings. The highest BCUT2D eigenvalue weighted by molar-refractivity contribution is 5.85. The van der Waals surface area contributed by atoms with Crippen LogP contribution in [0.1, 0.15) is 0 Å². The van der Waals surface area contributed by atoms with Crippen molar-refractivity contribution in [3.8, 4) is 0 Å². The number of carboxylic acid groups (broad SMARTS) is 1. The van der Waals surface area contributed by atoms with E-state index in [1.54, 1.807) is 0 Å². The molecule has 2 amide bonds. The molecule has 10 heteroatoms. The van der Waals surface area contributed by atoms with Crippen LogP contribution in [0, 0.1) is 0 Å². The molecule has 0 aliphatic rings. The number of ether oxygens (including phenoxy) is 1. The van der Waals surface area contributed by atoms with Crippen LogP contribution < -0.4 is 0 Å². The average molecular weight is 300 g/mol. The molecule has 20 heavy (non-hydrogen) atoms. The minimum atomic E-state index is -4.67. The van der Waals surface area contributed by atoms with Crippen LogP contribution in [0.3, 0.4) is 0 Å². The Bertz CT molecular complexity index is 370. The van der Waals surface area contributed by atoms with E-state index in [2.05, 4.69) is 4.74 Å². The highest BCUT2D eigenvalue weighted by Gasteiger charge is 2.34. The fourth-order valence-corrected chi connectivity index (χ4v) is 1.07. The lowest BCUT2D eigenvalue weighted by Gasteiger charge is -2.24. The second-order valence-corrected chi connectivity index (χ2v) is 4.04. The maximum atomic E-state index is 12.3. The third-order valence-corrected chi connectivity index (χ3v) is 2.00. The lowest BCUT2D eigenvalue weighted by atomic mass is 10.4. The van der Waals surface area contributed by atoms with Crippen molar-refractivity contribution in [2.45, 2.75) is 6.18 Å². The van der Waals surface area contributed by atoms with Crippen LogP contribution >= 0.6 is 0 Å². The quantitative estimate of drug-likeness (QED) is 0.689. The first-order chi connectivity index (χ1) is 9.03. The Morgan fingerprint density at radius 1 is 1.10 bits per heavy atom. The summed E-state index contributed by atoms with van der Waals surface area (Å²) in [6, 6.07) is 0. The minimum absolute atomic E-state index is 0.268. The smallest absolute Gasteiger partial charge is 0.406 e. The number of hydrogen-bond acceptors (Lipinski definition) is 4. The van der Waals surface area contributed by atoms with E-state index in [-0.39, 0.29) is 4.90 Å². The number of carbonyl (C=O) groups is 3. The van der Waals surface area contributed by atoms with Crippen LogP contribution in [0.4, 0.5) is 13.2 Å². The SMILES string of the molecule is CN(C)C(=O)CN(CC(F)(F)F)C(=O)COCC(=O)O. The number of alkyl halides is 3. The van der Waals surface area contributed by atoms with Gasteiger partial charge in [0.2, 0.25) is 11.8 Å². The molecule has 0 bridgehead atoms. The molecule has 0 aromatic rings. The first kappa shape index (κ1) is 18.2. The lowest BCUT2D eigenvalue weighted by molar-refractivity contribution is -0.167. The Labute approximate surface area is 112 Å². The second kappa shape index (κ2) is 7.68. The van der Waals surface area contributed by atoms with E-state index >= 15 is 0 Å². The first-order valence-corrected chi connectivity index (χ1v) is 5.37. The van der Waals surface area contributed by atoms with E-state index < -0.39 is 50.3 Å². The van der Waals surface area contributed by atoms with Crippen molar-refractivity contribution in [3.05, 3.63) is 0 Å². The molecule has 0 aliphatic heterocycles. The molecule has 116 valence electrons. The summed E-state index contributed by atoms with van der Waals surface area (Å²) in [5.41, 5.74) is 0. The zero-order valence-electron chi connectivity index (χ0n) is 10.9. The number of nitrogens with zero attached hydrogens (tertiary/aromatic N) is 2. The summed E-state index contributed by atoms with van der Waals surface area (Å²) in [6.07, 6.45) is -4.67. The Balaban J connectivity index is 4.62. The van der Waals surface area contributed by atoms with Gasteiger partial charge >= 0.3 is 12.1 Å². The van der Waals surface area contributed by atoms with Gasteiger partial charge in [-0.3, -0.25) is 9.59 Å². The third-order valence-electron chi connectivity index (χ3n) is 2.00. The molecular weight excluding hydrogens is 285 g/mol. The number of carboxylic acids is 1. The summed E-state index contributed by atoms with van der Waals surface area (Å²) in [5, 5.41) is 8.28. The van der Waals surface area contributed by atoms with Gasteiger partial charge in [-0.2, -0.15) is 13.2 Å². The fourth-order valence-electron chi connectivity index (χ4n) is 1.07. The monoisotopic (exact) mass is 300 g/mol. The number of rotatable bonds is 7. The summed E-state index contributed by atoms with van der Waals surface area (Å²) in [4.78, 5) is 34.3. The van der Waals surface area contributed by atoms with E-state index in [9.17, 15) is 27.6 Å². The predicted molar refractivity (Wildman–Crippen MR) is 59.8 cm³/mol. The zero-order valence-corrected chi connectivity index (χ0v) is 10.9. The molecule has 0 atom stereocenters. The molecule has 0 saturated heterocycles. The van der Waals surface area contributed by atoms with Crippen LogP contribution in [0.2, 0.25) is 0 Å². The van der Waals surface area contributed by atoms with Crippen molar-refractivity contribution in [2.24, 2.45) is 0 Å². The Morgan fingerprint density at radius 3 is 2.05 bits per heavy atom. The molecule has 0 aromatic heterocycles. The van der Waals surface area contributed by atoms with Crippen LogP contribution in [-0.4, -0.2) is 79.3 Å². The molecule has 7 nitrogen and oxygen atoms in total. The number of halogens is 3. The van der Waals surface area contributed by atoms with E-state index in [4.69, 9.17) is 5.11 Å². The van der Waals surface area contributed by atoms with Crippen LogP contribution in [0.15, 0.2) is 0 Å². The van der Waals surface area contributed by atoms with Crippen LogP contribution in [-0.2, 0) is 19.1 Å². The van der Waals surface area contributed by atoms with Crippen molar-refractivity contribution in [1.29, 1.82) is 0 Å². The Kier molecular flexibility index (Phi) is 6.97. The standard InChI is InChI=1S/C10H15F3N2O5/c1-14(2)7(16)3-15(6-10(11,12)13)8(17)4-20-5-9(18)19/h3-6H2,1-2H3,(H,18,19). The molecule has 0 aliphatic carbocycles. The number of carbonyl (C=O) groups excluding carboxylic acids is 2. The summed E-state index contributed by atoms with van der Waals surface area (Å²) in [7, 11) is 2.67. The molecule has 0 spiro atoms. The van der Waals surface area contributed by atoms with Crippen LogP contribution in [0.25, 0.3) is 0 Å². The van der Waals surface area contributed by atoms with Gasteiger partial charge in [0.1, 0.15) is 26.3 Å². The molecule has 0 radical (unpaired) electrons. The topological polar surface area (TPSA) is 87.2 Å². The van der Waals surface area contributed by atoms with Crippen molar-refractivity contribution in [3.63, 3.8) is 0 Å². The van der Waals surface area contributed by atoms with Crippen molar-refractivity contribution in [2.75, 3.05) is 40.4 Å². The van der Waals surface area contributed by atoms with E-state index in [0.717, 1.165) is 4.90 Å². The van der Waals surface area contributed by atoms with Gasteiger partial charge in [-0.25, -0.2) is 4.79 Å². The number of hydrogen-bond donors (Lipinski definition) is 1. The summed E-state index contributed by atoms with van der Waals surface area (Å²) in [6.45, 7) is -4.03. The van der Waals surface area contributed by atoms with Crippen LogP contribution in [0.5, 0.6) is 0 Å². The second-order valence-electron chi connectivity index (χ2n) is 4.04. The predicted octanol–water partition coefficient (Wildman–Crippen LogP) is -0.433. The van der Waals surface area contributed by atoms with Crippen molar-refractivity contribution >= 4 is 17.8 Å². The van der Waals surface area contributed by atoms with E-state index in [1.807, 2.05) is 0 Å². The van der Waals surface area contributed by atoms with Gasteiger partial charge in [0.25, 0.3) is 0 Å². The molecular formula is C10H15F3N2O5. The molecule has 0 saturated carbocycles. The molecule has 0 unspecified atom stereocenters. The lowest BCUT2D eigenvalue weighted by Crippen LogP contribution is -2.46. The van der Waals surface area contributed by atoms with Gasteiger partial charge in [-0.1, -0.05) is 0 Å². The van der Waals surface area contributed by atoms with Gasteiger partial charge in [0.05, 0.1) is 0 Å². The summed E-state index contributed by atoms with van der Waals surface area (Å²) < 4.78 is 41.4. The van der Waals surface area contributed by atoms with Gasteiger partial charge in [0, 0.05) is 14.1 Å². The van der Waals surface area contributed by atoms with E-state index in [1.165, 1.54) is 14.1 Å². The largest absolute Gasteiger partial charge is 0.480 e. The Morgan fingerprint density at radius 2 is 1.65 bits per heavy atom. The fraction of sp³-hybridized carbons (Fsp3) is 0.700. The van der Waals surface area contributed by atoms with Gasteiger partial charge in [0.15, 0.2) is 0 Å². The molecule has 0 heterocycles. The zero-order chi connectivity index (χ0) is 15.9. The van der Waals surface area contributed by atoms with Gasteiger partial charge < -0.3 is 19.6 Å². The first-order valence-electron chi connectivity index (χ1n) is 5.37. The molecule has 1 N–H and O–H groups in total. The number of likely N-dealkylation sites (N-methyl/N-ethyl adjacent to an activating group) is 1. The maximum Gasteiger partial charge on any atom is 0.406 e. The summed E-state index contributed by atoms with van der Waals surface area (Å²) in [5.74, 6) is -3.16. The number of aliphatic carboxylic acids is 1. The summed E-state index contributed by atoms with van der Waals surface area (Å²) >= 11 is 0. The van der Waals surface area contributed by atoms with Crippen molar-refractivity contribution in [1.82, 2.24) is 9.80 Å². The normalized spacial score (nSPS) is 11.1. The Hall–Kier alpha value is -1.84. The molecule has 0 aromatic carbocycles. The van der Waals surface area contributed by atoms with Gasteiger partial charge in [-0.05, 0) is 0 Å². The van der Waals surface area contributed by atoms with E-state index in [0.29, 0.717) is 0 Å². The highest BCUT2D eigenvalue weighted by atomic mass is 19.4. The third kappa shape index (κ3) is 8.29.